The van der Waals surface area contributed by atoms with Gasteiger partial charge < -0.3 is 9.47 Å². The number of thioether (sulfide) groups is 1. The Morgan fingerprint density at radius 1 is 1.06 bits per heavy atom. The smallest absolute Gasteiger partial charge is 0.273 e. The average Bonchev–Trinajstić information content (AvgIpc) is 3.54. The summed E-state index contributed by atoms with van der Waals surface area (Å²) in [4.78, 5) is 20.7. The molecule has 31 heavy (non-hydrogen) atoms. The first-order valence-corrected chi connectivity index (χ1v) is 11.5. The van der Waals surface area contributed by atoms with Gasteiger partial charge in [-0.25, -0.2) is 4.98 Å². The number of aromatic amines is 1. The van der Waals surface area contributed by atoms with E-state index in [1.807, 2.05) is 52.3 Å². The van der Waals surface area contributed by atoms with Gasteiger partial charge in [0.2, 0.25) is 0 Å². The number of aryl methyl sites for hydroxylation is 1. The molecule has 1 aliphatic heterocycles. The summed E-state index contributed by atoms with van der Waals surface area (Å²) in [6.45, 7) is 1.47. The van der Waals surface area contributed by atoms with E-state index in [2.05, 4.69) is 45.7 Å². The van der Waals surface area contributed by atoms with Crippen LogP contribution in [-0.2, 0) is 6.54 Å². The summed E-state index contributed by atoms with van der Waals surface area (Å²) in [6, 6.07) is 18.4. The summed E-state index contributed by atoms with van der Waals surface area (Å²) in [5, 5.41) is 7.56. The maximum Gasteiger partial charge on any atom is 0.273 e. The number of imidazole rings is 1. The van der Waals surface area contributed by atoms with E-state index in [4.69, 9.17) is 0 Å². The van der Waals surface area contributed by atoms with Crippen molar-refractivity contribution in [2.75, 3.05) is 12.8 Å². The van der Waals surface area contributed by atoms with Crippen molar-refractivity contribution in [2.45, 2.75) is 23.9 Å². The van der Waals surface area contributed by atoms with Crippen LogP contribution in [0.25, 0.3) is 11.3 Å². The molecule has 5 rings (SSSR count). The molecule has 0 saturated heterocycles. The van der Waals surface area contributed by atoms with Crippen LogP contribution in [0.3, 0.4) is 0 Å². The molecule has 3 heterocycles. The fourth-order valence-corrected chi connectivity index (χ4v) is 4.63. The van der Waals surface area contributed by atoms with Crippen LogP contribution in [0.15, 0.2) is 78.2 Å². The third-order valence-electron chi connectivity index (χ3n) is 5.72. The van der Waals surface area contributed by atoms with Gasteiger partial charge in [-0.2, -0.15) is 5.10 Å². The zero-order valence-electron chi connectivity index (χ0n) is 17.2. The monoisotopic (exact) mass is 429 g/mol. The van der Waals surface area contributed by atoms with Gasteiger partial charge in [0.1, 0.15) is 5.69 Å². The number of hydrogen-bond donors (Lipinski definition) is 1. The number of rotatable bonds is 7. The molecule has 0 radical (unpaired) electrons. The number of amides is 1. The topological polar surface area (TPSA) is 66.8 Å². The molecule has 0 spiro atoms. The number of carbonyl (C=O) groups excluding carboxylic acids is 1. The summed E-state index contributed by atoms with van der Waals surface area (Å²) >= 11 is 1.71. The molecule has 1 N–H and O–H groups in total. The van der Waals surface area contributed by atoms with Crippen molar-refractivity contribution >= 4 is 17.7 Å². The average molecular weight is 430 g/mol. The van der Waals surface area contributed by atoms with E-state index in [1.165, 1.54) is 4.90 Å². The minimum absolute atomic E-state index is 0.00857. The zero-order chi connectivity index (χ0) is 21.2. The minimum atomic E-state index is -0.157. The summed E-state index contributed by atoms with van der Waals surface area (Å²) in [7, 11) is 0. The highest BCUT2D eigenvalue weighted by atomic mass is 32.2. The van der Waals surface area contributed by atoms with Crippen molar-refractivity contribution in [2.24, 2.45) is 0 Å². The van der Waals surface area contributed by atoms with Crippen molar-refractivity contribution in [1.82, 2.24) is 24.6 Å². The second kappa shape index (κ2) is 8.43. The lowest BCUT2D eigenvalue weighted by molar-refractivity contribution is 0.0739. The lowest BCUT2D eigenvalue weighted by atomic mass is 9.96. The molecule has 0 saturated carbocycles. The Morgan fingerprint density at radius 3 is 2.58 bits per heavy atom. The highest BCUT2D eigenvalue weighted by molar-refractivity contribution is 7.98. The Labute approximate surface area is 185 Å². The Bertz CT molecular complexity index is 1170. The molecule has 4 aromatic rings. The second-order valence-corrected chi connectivity index (χ2v) is 8.43. The summed E-state index contributed by atoms with van der Waals surface area (Å²) in [6.07, 6.45) is 8.45. The van der Waals surface area contributed by atoms with Gasteiger partial charge in [0.15, 0.2) is 0 Å². The van der Waals surface area contributed by atoms with Crippen LogP contribution >= 0.6 is 11.8 Å². The number of benzene rings is 2. The van der Waals surface area contributed by atoms with Gasteiger partial charge in [-0.3, -0.25) is 9.89 Å². The fourth-order valence-electron chi connectivity index (χ4n) is 4.22. The van der Waals surface area contributed by atoms with Crippen molar-refractivity contribution in [1.29, 1.82) is 0 Å². The van der Waals surface area contributed by atoms with E-state index in [9.17, 15) is 4.79 Å². The zero-order valence-corrected chi connectivity index (χ0v) is 18.0. The first-order valence-electron chi connectivity index (χ1n) is 10.3. The highest BCUT2D eigenvalue weighted by Gasteiger charge is 2.41. The van der Waals surface area contributed by atoms with Crippen LogP contribution in [0.4, 0.5) is 0 Å². The molecule has 2 aromatic carbocycles. The maximum absolute atomic E-state index is 13.4. The van der Waals surface area contributed by atoms with Crippen molar-refractivity contribution in [3.63, 3.8) is 0 Å². The van der Waals surface area contributed by atoms with E-state index >= 15 is 0 Å². The molecule has 6 nitrogen and oxygen atoms in total. The predicted octanol–water partition coefficient (Wildman–Crippen LogP) is 4.63. The molecular formula is C24H23N5OS. The van der Waals surface area contributed by atoms with Gasteiger partial charge in [-0.15, -0.1) is 11.8 Å². The van der Waals surface area contributed by atoms with Gasteiger partial charge in [0, 0.05) is 41.5 Å². The lowest BCUT2D eigenvalue weighted by Crippen LogP contribution is -2.31. The van der Waals surface area contributed by atoms with Crippen LogP contribution in [-0.4, -0.2) is 43.4 Å². The number of hydrogen-bond acceptors (Lipinski definition) is 4. The number of nitrogens with zero attached hydrogens (tertiary/aromatic N) is 4. The van der Waals surface area contributed by atoms with E-state index in [0.717, 1.165) is 35.3 Å². The third-order valence-corrected chi connectivity index (χ3v) is 6.46. The third kappa shape index (κ3) is 3.65. The molecule has 7 heteroatoms. The molecule has 0 fully saturated rings. The maximum atomic E-state index is 13.4. The molecule has 1 unspecified atom stereocenters. The second-order valence-electron chi connectivity index (χ2n) is 7.56. The van der Waals surface area contributed by atoms with Gasteiger partial charge in [-0.05, 0) is 30.4 Å². The molecule has 0 aliphatic carbocycles. The standard InChI is InChI=1S/C24H23N5OS/c1-31-19-10-8-18(9-11-19)23-20-21(17-6-3-2-4-7-17)26-27-22(20)24(30)29(23)14-5-13-28-15-12-25-16-28/h2-4,6-12,15-16,23H,5,13-14H2,1H3,(H,26,27). The largest absolute Gasteiger partial charge is 0.337 e. The van der Waals surface area contributed by atoms with Gasteiger partial charge >= 0.3 is 0 Å². The Balaban J connectivity index is 1.52. The van der Waals surface area contributed by atoms with E-state index in [1.54, 1.807) is 18.0 Å². The summed E-state index contributed by atoms with van der Waals surface area (Å²) < 4.78 is 2.04. The summed E-state index contributed by atoms with van der Waals surface area (Å²) in [5.41, 5.74) is 4.53. The highest BCUT2D eigenvalue weighted by Crippen LogP contribution is 2.43. The van der Waals surface area contributed by atoms with Crippen molar-refractivity contribution in [3.05, 3.63) is 90.1 Å². The van der Waals surface area contributed by atoms with Crippen LogP contribution in [0, 0.1) is 0 Å². The van der Waals surface area contributed by atoms with Crippen LogP contribution in [0.2, 0.25) is 0 Å². The van der Waals surface area contributed by atoms with E-state index in [-0.39, 0.29) is 11.9 Å². The van der Waals surface area contributed by atoms with E-state index in [0.29, 0.717) is 12.2 Å². The Kier molecular flexibility index (Phi) is 5.34. The Hall–Kier alpha value is -3.32. The minimum Gasteiger partial charge on any atom is -0.337 e. The molecular weight excluding hydrogens is 406 g/mol. The first-order chi connectivity index (χ1) is 15.3. The molecule has 1 amide bonds. The predicted molar refractivity (Wildman–Crippen MR) is 122 cm³/mol. The van der Waals surface area contributed by atoms with Crippen LogP contribution in [0.1, 0.15) is 34.1 Å². The summed E-state index contributed by atoms with van der Waals surface area (Å²) in [5.74, 6) is 0.00857. The van der Waals surface area contributed by atoms with Gasteiger partial charge in [-0.1, -0.05) is 42.5 Å². The van der Waals surface area contributed by atoms with Crippen molar-refractivity contribution in [3.8, 4) is 11.3 Å². The van der Waals surface area contributed by atoms with Crippen LogP contribution < -0.4 is 0 Å². The molecule has 0 bridgehead atoms. The normalized spacial score (nSPS) is 15.5. The van der Waals surface area contributed by atoms with Gasteiger partial charge in [0.05, 0.1) is 18.1 Å². The Morgan fingerprint density at radius 2 is 1.87 bits per heavy atom. The first kappa shape index (κ1) is 19.6. The number of fused-ring (bicyclic) bond motifs is 1. The number of H-pyrrole nitrogens is 1. The fraction of sp³-hybridized carbons (Fsp3) is 0.208. The molecule has 156 valence electrons. The number of carbonyl (C=O) groups is 1. The SMILES string of the molecule is CSc1ccc(C2c3c(-c4ccccc4)n[nH]c3C(=O)N2CCCn2ccnc2)cc1. The lowest BCUT2D eigenvalue weighted by Gasteiger charge is -2.26. The van der Waals surface area contributed by atoms with E-state index < -0.39 is 0 Å². The number of nitrogens with one attached hydrogen (secondary N) is 1. The molecule has 2 aromatic heterocycles. The van der Waals surface area contributed by atoms with Crippen LogP contribution in [0.5, 0.6) is 0 Å². The van der Waals surface area contributed by atoms with Crippen molar-refractivity contribution < 1.29 is 4.79 Å². The molecule has 1 aliphatic rings. The van der Waals surface area contributed by atoms with Gasteiger partial charge in [0.25, 0.3) is 5.91 Å². The quantitative estimate of drug-likeness (QED) is 0.435. The number of aromatic nitrogens is 4. The molecule has 1 atom stereocenters.